The summed E-state index contributed by atoms with van der Waals surface area (Å²) in [5.41, 5.74) is 2.82. The quantitative estimate of drug-likeness (QED) is 0.317. The Morgan fingerprint density at radius 2 is 1.59 bits per heavy atom. The number of ether oxygens (including phenoxy) is 1. The minimum absolute atomic E-state index is 0.0157. The van der Waals surface area contributed by atoms with Crippen LogP contribution in [0.25, 0.3) is 0 Å². The lowest BCUT2D eigenvalue weighted by Gasteiger charge is -2.32. The summed E-state index contributed by atoms with van der Waals surface area (Å²) in [4.78, 5) is 28.7. The van der Waals surface area contributed by atoms with Crippen LogP contribution in [0.2, 0.25) is 0 Å². The Labute approximate surface area is 223 Å². The van der Waals surface area contributed by atoms with Gasteiger partial charge in [0.2, 0.25) is 11.8 Å². The molecular weight excluding hydrogens is 487 g/mol. The monoisotopic (exact) mass is 522 g/mol. The van der Waals surface area contributed by atoms with E-state index < -0.39 is 6.04 Å². The van der Waals surface area contributed by atoms with Gasteiger partial charge in [-0.1, -0.05) is 61.5 Å². The van der Waals surface area contributed by atoms with Crippen LogP contribution in [-0.4, -0.2) is 41.7 Å². The van der Waals surface area contributed by atoms with Crippen molar-refractivity contribution in [2.45, 2.75) is 51.1 Å². The Kier molecular flexibility index (Phi) is 11.0. The molecule has 3 aromatic rings. The van der Waals surface area contributed by atoms with Crippen molar-refractivity contribution in [3.63, 3.8) is 0 Å². The molecule has 7 heteroatoms. The van der Waals surface area contributed by atoms with Crippen LogP contribution in [0.4, 0.5) is 4.39 Å². The average Bonchev–Trinajstić information content (AvgIpc) is 2.92. The van der Waals surface area contributed by atoms with Crippen LogP contribution < -0.4 is 10.1 Å². The summed E-state index contributed by atoms with van der Waals surface area (Å²) in [5.74, 6) is 0.993. The van der Waals surface area contributed by atoms with Crippen molar-refractivity contribution in [1.29, 1.82) is 0 Å². The lowest BCUT2D eigenvalue weighted by atomic mass is 10.0. The number of methoxy groups -OCH3 is 1. The van der Waals surface area contributed by atoms with Gasteiger partial charge in [0, 0.05) is 24.8 Å². The molecular formula is C30H35FN2O3S. The molecule has 3 aromatic carbocycles. The molecule has 0 aromatic heterocycles. The van der Waals surface area contributed by atoms with E-state index in [0.717, 1.165) is 28.9 Å². The third-order valence-corrected chi connectivity index (χ3v) is 7.18. The van der Waals surface area contributed by atoms with E-state index in [0.29, 0.717) is 12.2 Å². The van der Waals surface area contributed by atoms with Gasteiger partial charge in [-0.3, -0.25) is 9.59 Å². The fourth-order valence-electron chi connectivity index (χ4n) is 3.84. The average molecular weight is 523 g/mol. The molecule has 0 saturated carbocycles. The van der Waals surface area contributed by atoms with E-state index >= 15 is 0 Å². The van der Waals surface area contributed by atoms with E-state index in [2.05, 4.69) is 5.32 Å². The first-order valence-corrected chi connectivity index (χ1v) is 13.6. The standard InChI is InChI=1S/C30H35FN2O3S/c1-4-22(2)32-30(35)28(18-23-8-6-5-7-9-23)33(19-24-10-14-26(31)15-11-24)29(34)21-37-20-25-12-16-27(36-3)17-13-25/h5-17,22,28H,4,18-21H2,1-3H3,(H,32,35)/t22-,28+/m1/s1. The first-order chi connectivity index (χ1) is 17.9. The second kappa shape index (κ2) is 14.4. The number of carbonyl (C=O) groups excluding carboxylic acids is 2. The maximum absolute atomic E-state index is 13.6. The Bertz CT molecular complexity index is 1120. The topological polar surface area (TPSA) is 58.6 Å². The van der Waals surface area contributed by atoms with Crippen LogP contribution in [0.15, 0.2) is 78.9 Å². The number of halogens is 1. The molecule has 2 atom stereocenters. The normalized spacial score (nSPS) is 12.4. The van der Waals surface area contributed by atoms with E-state index in [9.17, 15) is 14.0 Å². The van der Waals surface area contributed by atoms with E-state index in [1.807, 2.05) is 68.4 Å². The van der Waals surface area contributed by atoms with Crippen molar-refractivity contribution in [1.82, 2.24) is 10.2 Å². The Balaban J connectivity index is 1.82. The smallest absolute Gasteiger partial charge is 0.243 e. The number of benzene rings is 3. The highest BCUT2D eigenvalue weighted by Gasteiger charge is 2.30. The van der Waals surface area contributed by atoms with Gasteiger partial charge in [0.1, 0.15) is 17.6 Å². The van der Waals surface area contributed by atoms with Gasteiger partial charge in [-0.15, -0.1) is 11.8 Å². The maximum atomic E-state index is 13.6. The van der Waals surface area contributed by atoms with Crippen LogP contribution in [0.3, 0.4) is 0 Å². The molecule has 196 valence electrons. The molecule has 1 N–H and O–H groups in total. The summed E-state index contributed by atoms with van der Waals surface area (Å²) in [6.45, 7) is 4.18. The highest BCUT2D eigenvalue weighted by atomic mass is 32.2. The Morgan fingerprint density at radius 3 is 2.22 bits per heavy atom. The number of rotatable bonds is 13. The zero-order chi connectivity index (χ0) is 26.6. The van der Waals surface area contributed by atoms with E-state index in [1.165, 1.54) is 23.9 Å². The Morgan fingerprint density at radius 1 is 0.946 bits per heavy atom. The number of nitrogens with zero attached hydrogens (tertiary/aromatic N) is 1. The molecule has 0 fully saturated rings. The molecule has 0 saturated heterocycles. The molecule has 0 heterocycles. The second-order valence-corrected chi connectivity index (χ2v) is 10.00. The number of hydrogen-bond donors (Lipinski definition) is 1. The molecule has 0 radical (unpaired) electrons. The minimum atomic E-state index is -0.699. The number of hydrogen-bond acceptors (Lipinski definition) is 4. The van der Waals surface area contributed by atoms with Gasteiger partial charge < -0.3 is 15.0 Å². The summed E-state index contributed by atoms with van der Waals surface area (Å²) < 4.78 is 18.8. The first-order valence-electron chi connectivity index (χ1n) is 12.5. The zero-order valence-electron chi connectivity index (χ0n) is 21.7. The molecule has 0 spiro atoms. The van der Waals surface area contributed by atoms with Crippen LogP contribution >= 0.6 is 11.8 Å². The van der Waals surface area contributed by atoms with Gasteiger partial charge in [-0.2, -0.15) is 0 Å². The predicted molar refractivity (Wildman–Crippen MR) is 148 cm³/mol. The summed E-state index contributed by atoms with van der Waals surface area (Å²) in [7, 11) is 1.63. The highest BCUT2D eigenvalue weighted by Crippen LogP contribution is 2.20. The number of thioether (sulfide) groups is 1. The molecule has 0 aliphatic rings. The Hall–Kier alpha value is -3.32. The van der Waals surface area contributed by atoms with Crippen LogP contribution in [-0.2, 0) is 28.3 Å². The van der Waals surface area contributed by atoms with Crippen molar-refractivity contribution >= 4 is 23.6 Å². The third-order valence-electron chi connectivity index (χ3n) is 6.19. The summed E-state index contributed by atoms with van der Waals surface area (Å²) in [5, 5.41) is 3.06. The van der Waals surface area contributed by atoms with Crippen LogP contribution in [0.1, 0.15) is 37.0 Å². The fraction of sp³-hybridized carbons (Fsp3) is 0.333. The number of carbonyl (C=O) groups is 2. The van der Waals surface area contributed by atoms with Gasteiger partial charge >= 0.3 is 0 Å². The minimum Gasteiger partial charge on any atom is -0.497 e. The van der Waals surface area contributed by atoms with Crippen molar-refractivity contribution in [3.05, 3.63) is 101 Å². The van der Waals surface area contributed by atoms with Gasteiger partial charge in [-0.05, 0) is 54.3 Å². The third kappa shape index (κ3) is 8.93. The van der Waals surface area contributed by atoms with Crippen LogP contribution in [0, 0.1) is 5.82 Å². The van der Waals surface area contributed by atoms with E-state index in [4.69, 9.17) is 4.74 Å². The molecule has 2 amide bonds. The van der Waals surface area contributed by atoms with Gasteiger partial charge in [0.15, 0.2) is 0 Å². The van der Waals surface area contributed by atoms with Crippen molar-refractivity contribution < 1.29 is 18.7 Å². The highest BCUT2D eigenvalue weighted by molar-refractivity contribution is 7.99. The van der Waals surface area contributed by atoms with E-state index in [1.54, 1.807) is 24.1 Å². The number of amides is 2. The number of nitrogens with one attached hydrogen (secondary N) is 1. The summed E-state index contributed by atoms with van der Waals surface area (Å²) in [6, 6.07) is 22.8. The first kappa shape index (κ1) is 28.3. The van der Waals surface area contributed by atoms with Gasteiger partial charge in [-0.25, -0.2) is 4.39 Å². The van der Waals surface area contributed by atoms with E-state index in [-0.39, 0.29) is 36.0 Å². The summed E-state index contributed by atoms with van der Waals surface area (Å²) in [6.07, 6.45) is 1.17. The molecule has 3 rings (SSSR count). The molecule has 5 nitrogen and oxygen atoms in total. The molecule has 0 aliphatic heterocycles. The lowest BCUT2D eigenvalue weighted by molar-refractivity contribution is -0.139. The van der Waals surface area contributed by atoms with Crippen molar-refractivity contribution in [2.24, 2.45) is 0 Å². The molecule has 37 heavy (non-hydrogen) atoms. The summed E-state index contributed by atoms with van der Waals surface area (Å²) >= 11 is 1.50. The predicted octanol–water partition coefficient (Wildman–Crippen LogP) is 5.62. The van der Waals surface area contributed by atoms with Crippen molar-refractivity contribution in [3.8, 4) is 5.75 Å². The van der Waals surface area contributed by atoms with Crippen LogP contribution in [0.5, 0.6) is 5.75 Å². The zero-order valence-corrected chi connectivity index (χ0v) is 22.5. The lowest BCUT2D eigenvalue weighted by Crippen LogP contribution is -2.52. The molecule has 0 unspecified atom stereocenters. The van der Waals surface area contributed by atoms with Crippen molar-refractivity contribution in [2.75, 3.05) is 12.9 Å². The largest absolute Gasteiger partial charge is 0.497 e. The molecule has 0 aliphatic carbocycles. The maximum Gasteiger partial charge on any atom is 0.243 e. The SMILES string of the molecule is CC[C@@H](C)NC(=O)[C@H](Cc1ccccc1)N(Cc1ccc(F)cc1)C(=O)CSCc1ccc(OC)cc1. The molecule has 0 bridgehead atoms. The van der Waals surface area contributed by atoms with Gasteiger partial charge in [0.05, 0.1) is 12.9 Å². The fourth-order valence-corrected chi connectivity index (χ4v) is 4.71. The van der Waals surface area contributed by atoms with Gasteiger partial charge in [0.25, 0.3) is 0 Å². The second-order valence-electron chi connectivity index (χ2n) is 9.01.